The Morgan fingerprint density at radius 1 is 1.18 bits per heavy atom. The molecule has 0 aromatic carbocycles. The number of rotatable bonds is 3. The van der Waals surface area contributed by atoms with E-state index in [1.807, 2.05) is 0 Å². The van der Waals surface area contributed by atoms with Crippen LogP contribution >= 0.6 is 0 Å². The monoisotopic (exact) mass is 239 g/mol. The van der Waals surface area contributed by atoms with Gasteiger partial charge in [-0.05, 0) is 33.4 Å². The van der Waals surface area contributed by atoms with Gasteiger partial charge < -0.3 is 4.74 Å². The fourth-order valence-electron chi connectivity index (χ4n) is 3.35. The van der Waals surface area contributed by atoms with Gasteiger partial charge in [0.2, 0.25) is 0 Å². The zero-order valence-corrected chi connectivity index (χ0v) is 11.2. The maximum Gasteiger partial charge on any atom is 0.158 e. The second-order valence-electron chi connectivity index (χ2n) is 5.76. The van der Waals surface area contributed by atoms with E-state index in [4.69, 9.17) is 4.74 Å². The lowest BCUT2D eigenvalue weighted by Gasteiger charge is -2.39. The van der Waals surface area contributed by atoms with Crippen LogP contribution in [-0.2, 0) is 9.53 Å². The molecule has 1 heterocycles. The van der Waals surface area contributed by atoms with Crippen molar-refractivity contribution in [3.63, 3.8) is 0 Å². The molecule has 2 aliphatic rings. The standard InChI is InChI=1S/C14H25NO2/c1-15(2)14(8-5-3-4-6-9-14)13(16)12-7-10-17-11-12/h12H,3-11H2,1-2H3. The van der Waals surface area contributed by atoms with Crippen molar-refractivity contribution < 1.29 is 9.53 Å². The molecular weight excluding hydrogens is 214 g/mol. The number of nitrogens with zero attached hydrogens (tertiary/aromatic N) is 1. The van der Waals surface area contributed by atoms with Crippen molar-refractivity contribution in [3.05, 3.63) is 0 Å². The molecule has 1 unspecified atom stereocenters. The van der Waals surface area contributed by atoms with Gasteiger partial charge in [0.25, 0.3) is 0 Å². The zero-order chi connectivity index (χ0) is 12.3. The number of ketones is 1. The summed E-state index contributed by atoms with van der Waals surface area (Å²) in [7, 11) is 4.14. The minimum atomic E-state index is -0.200. The number of ether oxygens (including phenoxy) is 1. The summed E-state index contributed by atoms with van der Waals surface area (Å²) in [4.78, 5) is 15.0. The van der Waals surface area contributed by atoms with Crippen molar-refractivity contribution in [2.45, 2.75) is 50.5 Å². The van der Waals surface area contributed by atoms with Crippen LogP contribution in [0.2, 0.25) is 0 Å². The van der Waals surface area contributed by atoms with Gasteiger partial charge in [-0.1, -0.05) is 25.7 Å². The van der Waals surface area contributed by atoms with Crippen molar-refractivity contribution in [2.75, 3.05) is 27.3 Å². The maximum absolute atomic E-state index is 12.8. The smallest absolute Gasteiger partial charge is 0.158 e. The van der Waals surface area contributed by atoms with Crippen LogP contribution in [0.4, 0.5) is 0 Å². The topological polar surface area (TPSA) is 29.5 Å². The van der Waals surface area contributed by atoms with Gasteiger partial charge in [0.15, 0.2) is 5.78 Å². The van der Waals surface area contributed by atoms with E-state index in [-0.39, 0.29) is 11.5 Å². The number of hydrogen-bond acceptors (Lipinski definition) is 3. The number of carbonyl (C=O) groups excluding carboxylic acids is 1. The third-order valence-corrected chi connectivity index (χ3v) is 4.55. The van der Waals surface area contributed by atoms with E-state index >= 15 is 0 Å². The first-order valence-corrected chi connectivity index (χ1v) is 6.96. The van der Waals surface area contributed by atoms with E-state index in [0.717, 1.165) is 25.9 Å². The third kappa shape index (κ3) is 2.55. The minimum absolute atomic E-state index is 0.149. The number of likely N-dealkylation sites (N-methyl/N-ethyl adjacent to an activating group) is 1. The summed E-state index contributed by atoms with van der Waals surface area (Å²) in [6, 6.07) is 0. The summed E-state index contributed by atoms with van der Waals surface area (Å²) < 4.78 is 5.39. The van der Waals surface area contributed by atoms with Gasteiger partial charge >= 0.3 is 0 Å². The molecule has 1 aliphatic carbocycles. The van der Waals surface area contributed by atoms with Crippen LogP contribution < -0.4 is 0 Å². The molecular formula is C14H25NO2. The Morgan fingerprint density at radius 3 is 2.29 bits per heavy atom. The highest BCUT2D eigenvalue weighted by Gasteiger charge is 2.44. The lowest BCUT2D eigenvalue weighted by atomic mass is 9.78. The van der Waals surface area contributed by atoms with Gasteiger partial charge in [0.1, 0.15) is 0 Å². The van der Waals surface area contributed by atoms with E-state index in [1.54, 1.807) is 0 Å². The van der Waals surface area contributed by atoms with Crippen LogP contribution in [-0.4, -0.2) is 43.5 Å². The van der Waals surface area contributed by atoms with Crippen molar-refractivity contribution in [1.29, 1.82) is 0 Å². The van der Waals surface area contributed by atoms with Crippen LogP contribution in [0, 0.1) is 5.92 Å². The highest BCUT2D eigenvalue weighted by molar-refractivity contribution is 5.90. The van der Waals surface area contributed by atoms with Crippen LogP contribution in [0.3, 0.4) is 0 Å². The Kier molecular flexibility index (Phi) is 4.21. The molecule has 1 aliphatic heterocycles. The maximum atomic E-state index is 12.8. The molecule has 2 fully saturated rings. The lowest BCUT2D eigenvalue weighted by Crippen LogP contribution is -2.53. The minimum Gasteiger partial charge on any atom is -0.381 e. The van der Waals surface area contributed by atoms with E-state index in [9.17, 15) is 4.79 Å². The molecule has 3 nitrogen and oxygen atoms in total. The van der Waals surface area contributed by atoms with Crippen LogP contribution in [0.1, 0.15) is 44.9 Å². The van der Waals surface area contributed by atoms with E-state index in [1.165, 1.54) is 25.7 Å². The summed E-state index contributed by atoms with van der Waals surface area (Å²) >= 11 is 0. The fourth-order valence-corrected chi connectivity index (χ4v) is 3.35. The van der Waals surface area contributed by atoms with Crippen molar-refractivity contribution in [1.82, 2.24) is 4.90 Å². The molecule has 1 saturated heterocycles. The summed E-state index contributed by atoms with van der Waals surface area (Å²) in [5, 5.41) is 0. The zero-order valence-electron chi connectivity index (χ0n) is 11.2. The molecule has 1 atom stereocenters. The van der Waals surface area contributed by atoms with Crippen LogP contribution in [0.25, 0.3) is 0 Å². The molecule has 1 saturated carbocycles. The van der Waals surface area contributed by atoms with Crippen molar-refractivity contribution in [3.8, 4) is 0 Å². The lowest BCUT2D eigenvalue weighted by molar-refractivity contribution is -0.135. The quantitative estimate of drug-likeness (QED) is 0.707. The SMILES string of the molecule is CN(C)C1(C(=O)C2CCOC2)CCCCCC1. The van der Waals surface area contributed by atoms with E-state index in [0.29, 0.717) is 12.4 Å². The molecule has 0 spiro atoms. The Labute approximate surface area is 105 Å². The van der Waals surface area contributed by atoms with Gasteiger partial charge in [-0.3, -0.25) is 9.69 Å². The van der Waals surface area contributed by atoms with E-state index < -0.39 is 0 Å². The highest BCUT2D eigenvalue weighted by Crippen LogP contribution is 2.35. The predicted molar refractivity (Wildman–Crippen MR) is 68.1 cm³/mol. The van der Waals surface area contributed by atoms with Gasteiger partial charge in [0, 0.05) is 12.5 Å². The average Bonchev–Trinajstić information content (AvgIpc) is 2.72. The van der Waals surface area contributed by atoms with Gasteiger partial charge in [-0.25, -0.2) is 0 Å². The largest absolute Gasteiger partial charge is 0.381 e. The molecule has 0 N–H and O–H groups in total. The Bertz CT molecular complexity index is 261. The number of hydrogen-bond donors (Lipinski definition) is 0. The van der Waals surface area contributed by atoms with Gasteiger partial charge in [-0.2, -0.15) is 0 Å². The second kappa shape index (κ2) is 5.49. The van der Waals surface area contributed by atoms with Crippen molar-refractivity contribution >= 4 is 5.78 Å². The number of Topliss-reactive ketones (excluding diaryl/α,β-unsaturated/α-hetero) is 1. The molecule has 17 heavy (non-hydrogen) atoms. The van der Waals surface area contributed by atoms with E-state index in [2.05, 4.69) is 19.0 Å². The average molecular weight is 239 g/mol. The molecule has 0 radical (unpaired) electrons. The molecule has 3 heteroatoms. The molecule has 0 aromatic rings. The summed E-state index contributed by atoms with van der Waals surface area (Å²) in [5.74, 6) is 0.595. The Balaban J connectivity index is 2.16. The first-order chi connectivity index (χ1) is 8.17. The molecule has 98 valence electrons. The van der Waals surface area contributed by atoms with Crippen LogP contribution in [0.5, 0.6) is 0 Å². The summed E-state index contributed by atoms with van der Waals surface area (Å²) in [6.07, 6.45) is 7.95. The van der Waals surface area contributed by atoms with Crippen LogP contribution in [0.15, 0.2) is 0 Å². The predicted octanol–water partition coefficient (Wildman–Crippen LogP) is 2.25. The summed E-state index contributed by atoms with van der Waals surface area (Å²) in [6.45, 7) is 1.41. The summed E-state index contributed by atoms with van der Waals surface area (Å²) in [5.41, 5.74) is -0.200. The molecule has 0 bridgehead atoms. The van der Waals surface area contributed by atoms with Gasteiger partial charge in [0.05, 0.1) is 12.1 Å². The second-order valence-corrected chi connectivity index (χ2v) is 5.76. The highest BCUT2D eigenvalue weighted by atomic mass is 16.5. The molecule has 0 aromatic heterocycles. The molecule has 2 rings (SSSR count). The first-order valence-electron chi connectivity index (χ1n) is 6.96. The number of carbonyl (C=O) groups is 1. The fraction of sp³-hybridized carbons (Fsp3) is 0.929. The first kappa shape index (κ1) is 13.0. The third-order valence-electron chi connectivity index (χ3n) is 4.55. The Morgan fingerprint density at radius 2 is 1.82 bits per heavy atom. The molecule has 0 amide bonds. The van der Waals surface area contributed by atoms with Crippen molar-refractivity contribution in [2.24, 2.45) is 5.92 Å². The van der Waals surface area contributed by atoms with Gasteiger partial charge in [-0.15, -0.1) is 0 Å². The normalized spacial score (nSPS) is 29.2. The Hall–Kier alpha value is -0.410.